The minimum absolute atomic E-state index is 0.206. The monoisotopic (exact) mass is 204 g/mol. The van der Waals surface area contributed by atoms with Crippen LogP contribution >= 0.6 is 22.9 Å². The van der Waals surface area contributed by atoms with E-state index in [1.165, 1.54) is 11.3 Å². The third-order valence-electron chi connectivity index (χ3n) is 1.26. The van der Waals surface area contributed by atoms with Gasteiger partial charge < -0.3 is 5.73 Å². The molecule has 0 saturated heterocycles. The number of guanidine groups is 1. The molecule has 66 valence electrons. The first-order chi connectivity index (χ1) is 5.74. The van der Waals surface area contributed by atoms with Gasteiger partial charge in [0.2, 0.25) is 5.96 Å². The van der Waals surface area contributed by atoms with Crippen LogP contribution in [0, 0.1) is 0 Å². The van der Waals surface area contributed by atoms with E-state index in [-0.39, 0.29) is 5.96 Å². The summed E-state index contributed by atoms with van der Waals surface area (Å²) < 4.78 is 0.739. The lowest BCUT2D eigenvalue weighted by Crippen LogP contribution is -2.37. The number of nitrogens with zero attached hydrogens (tertiary/aromatic N) is 1. The van der Waals surface area contributed by atoms with Gasteiger partial charge in [0.05, 0.1) is 10.9 Å². The van der Waals surface area contributed by atoms with Crippen molar-refractivity contribution in [2.24, 2.45) is 16.6 Å². The van der Waals surface area contributed by atoms with E-state index in [1.807, 2.05) is 11.4 Å². The van der Waals surface area contributed by atoms with Crippen molar-refractivity contribution in [2.45, 2.75) is 6.54 Å². The number of hydrogen-bond donors (Lipinski definition) is 3. The first-order valence-electron chi connectivity index (χ1n) is 3.22. The minimum Gasteiger partial charge on any atom is -0.369 e. The van der Waals surface area contributed by atoms with Gasteiger partial charge in [-0.3, -0.25) is 5.43 Å². The van der Waals surface area contributed by atoms with Gasteiger partial charge in [-0.1, -0.05) is 11.6 Å². The second kappa shape index (κ2) is 4.30. The van der Waals surface area contributed by atoms with Crippen LogP contribution in [-0.4, -0.2) is 5.96 Å². The van der Waals surface area contributed by atoms with Crippen molar-refractivity contribution in [1.82, 2.24) is 5.43 Å². The number of halogens is 1. The van der Waals surface area contributed by atoms with Gasteiger partial charge in [0.1, 0.15) is 0 Å². The number of rotatable bonds is 2. The zero-order valence-electron chi connectivity index (χ0n) is 6.25. The summed E-state index contributed by atoms with van der Waals surface area (Å²) in [6.07, 6.45) is 0. The number of hydrazine groups is 1. The third-order valence-corrected chi connectivity index (χ3v) is 2.51. The molecule has 0 aliphatic rings. The largest absolute Gasteiger partial charge is 0.369 e. The lowest BCUT2D eigenvalue weighted by atomic mass is 10.3. The number of hydrogen-bond acceptors (Lipinski definition) is 3. The van der Waals surface area contributed by atoms with E-state index in [9.17, 15) is 0 Å². The van der Waals surface area contributed by atoms with E-state index in [0.29, 0.717) is 6.54 Å². The van der Waals surface area contributed by atoms with Crippen LogP contribution in [-0.2, 0) is 6.54 Å². The quantitative estimate of drug-likeness (QED) is 0.287. The molecular formula is C6H9ClN4S. The van der Waals surface area contributed by atoms with Gasteiger partial charge in [-0.2, -0.15) is 0 Å². The summed E-state index contributed by atoms with van der Waals surface area (Å²) in [6, 6.07) is 1.90. The SMILES string of the molecule is NNC(N)=NCc1ccsc1Cl. The molecule has 0 amide bonds. The maximum atomic E-state index is 5.82. The molecule has 0 atom stereocenters. The predicted octanol–water partition coefficient (Wildman–Crippen LogP) is 0.680. The van der Waals surface area contributed by atoms with E-state index in [2.05, 4.69) is 10.4 Å². The van der Waals surface area contributed by atoms with Crippen molar-refractivity contribution in [3.05, 3.63) is 21.3 Å². The van der Waals surface area contributed by atoms with Crippen molar-refractivity contribution < 1.29 is 0 Å². The Bertz CT molecular complexity index is 283. The molecule has 6 heteroatoms. The summed E-state index contributed by atoms with van der Waals surface area (Å²) in [5.41, 5.74) is 8.51. The molecule has 0 spiro atoms. The Morgan fingerprint density at radius 3 is 3.00 bits per heavy atom. The Hall–Kier alpha value is -0.780. The maximum absolute atomic E-state index is 5.82. The van der Waals surface area contributed by atoms with Crippen molar-refractivity contribution >= 4 is 28.9 Å². The smallest absolute Gasteiger partial charge is 0.203 e. The summed E-state index contributed by atoms with van der Waals surface area (Å²) >= 11 is 7.29. The van der Waals surface area contributed by atoms with Gasteiger partial charge in [0, 0.05) is 5.56 Å². The van der Waals surface area contributed by atoms with Crippen LogP contribution in [0.1, 0.15) is 5.56 Å². The first kappa shape index (κ1) is 9.31. The van der Waals surface area contributed by atoms with Crippen LogP contribution in [0.4, 0.5) is 0 Å². The molecule has 0 radical (unpaired) electrons. The van der Waals surface area contributed by atoms with Crippen molar-refractivity contribution in [3.8, 4) is 0 Å². The third kappa shape index (κ3) is 2.37. The molecule has 12 heavy (non-hydrogen) atoms. The zero-order valence-corrected chi connectivity index (χ0v) is 7.82. The highest BCUT2D eigenvalue weighted by atomic mass is 35.5. The molecule has 1 heterocycles. The van der Waals surface area contributed by atoms with Crippen molar-refractivity contribution in [1.29, 1.82) is 0 Å². The van der Waals surface area contributed by atoms with Gasteiger partial charge >= 0.3 is 0 Å². The normalized spacial score (nSPS) is 11.7. The highest BCUT2D eigenvalue weighted by Crippen LogP contribution is 2.22. The van der Waals surface area contributed by atoms with E-state index in [4.69, 9.17) is 23.2 Å². The second-order valence-corrected chi connectivity index (χ2v) is 3.58. The molecular weight excluding hydrogens is 196 g/mol. The molecule has 1 aromatic heterocycles. The number of nitrogens with one attached hydrogen (secondary N) is 1. The van der Waals surface area contributed by atoms with Crippen LogP contribution in [0.25, 0.3) is 0 Å². The molecule has 0 fully saturated rings. The Balaban J connectivity index is 2.59. The average molecular weight is 205 g/mol. The average Bonchev–Trinajstić information content (AvgIpc) is 2.47. The predicted molar refractivity (Wildman–Crippen MR) is 52.0 cm³/mol. The van der Waals surface area contributed by atoms with Crippen LogP contribution in [0.5, 0.6) is 0 Å². The number of thiophene rings is 1. The molecule has 0 saturated carbocycles. The molecule has 0 bridgehead atoms. The van der Waals surface area contributed by atoms with Gasteiger partial charge in [0.15, 0.2) is 0 Å². The summed E-state index contributed by atoms with van der Waals surface area (Å²) in [5.74, 6) is 5.22. The fourth-order valence-electron chi connectivity index (χ4n) is 0.648. The van der Waals surface area contributed by atoms with Crippen LogP contribution in [0.3, 0.4) is 0 Å². The number of nitrogens with two attached hydrogens (primary N) is 2. The summed E-state index contributed by atoms with van der Waals surface area (Å²) in [4.78, 5) is 3.93. The molecule has 1 rings (SSSR count). The second-order valence-electron chi connectivity index (χ2n) is 2.07. The number of aliphatic imine (C=N–C) groups is 1. The molecule has 0 aliphatic carbocycles. The fraction of sp³-hybridized carbons (Fsp3) is 0.167. The first-order valence-corrected chi connectivity index (χ1v) is 4.48. The fourth-order valence-corrected chi connectivity index (χ4v) is 1.56. The van der Waals surface area contributed by atoms with Crippen molar-refractivity contribution in [3.63, 3.8) is 0 Å². The van der Waals surface area contributed by atoms with E-state index >= 15 is 0 Å². The highest BCUT2D eigenvalue weighted by molar-refractivity contribution is 7.14. The minimum atomic E-state index is 0.206. The summed E-state index contributed by atoms with van der Waals surface area (Å²) in [6.45, 7) is 0.457. The van der Waals surface area contributed by atoms with E-state index in [1.54, 1.807) is 0 Å². The topological polar surface area (TPSA) is 76.4 Å². The van der Waals surface area contributed by atoms with Crippen LogP contribution in [0.2, 0.25) is 4.34 Å². The Labute approximate surface area is 79.2 Å². The van der Waals surface area contributed by atoms with E-state index < -0.39 is 0 Å². The molecule has 0 aliphatic heterocycles. The molecule has 4 nitrogen and oxygen atoms in total. The standard InChI is InChI=1S/C6H9ClN4S/c7-5-4(1-2-12-5)3-10-6(8)11-9/h1-2H,3,9H2,(H3,8,10,11). The molecule has 1 aromatic rings. The Morgan fingerprint density at radius 1 is 1.75 bits per heavy atom. The van der Waals surface area contributed by atoms with Gasteiger partial charge in [-0.05, 0) is 11.4 Å². The van der Waals surface area contributed by atoms with Gasteiger partial charge in [-0.15, -0.1) is 11.3 Å². The summed E-state index contributed by atoms with van der Waals surface area (Å²) in [5, 5.41) is 1.90. The Kier molecular flexibility index (Phi) is 3.33. The van der Waals surface area contributed by atoms with Gasteiger partial charge in [-0.25, -0.2) is 10.8 Å². The van der Waals surface area contributed by atoms with Crippen LogP contribution in [0.15, 0.2) is 16.4 Å². The summed E-state index contributed by atoms with van der Waals surface area (Å²) in [7, 11) is 0. The molecule has 5 N–H and O–H groups in total. The maximum Gasteiger partial charge on any atom is 0.203 e. The Morgan fingerprint density at radius 2 is 2.50 bits per heavy atom. The zero-order chi connectivity index (χ0) is 8.97. The van der Waals surface area contributed by atoms with Gasteiger partial charge in [0.25, 0.3) is 0 Å². The van der Waals surface area contributed by atoms with Crippen LogP contribution < -0.4 is 17.0 Å². The lowest BCUT2D eigenvalue weighted by molar-refractivity contribution is 0.960. The molecule has 0 unspecified atom stereocenters. The highest BCUT2D eigenvalue weighted by Gasteiger charge is 1.99. The lowest BCUT2D eigenvalue weighted by Gasteiger charge is -1.97. The van der Waals surface area contributed by atoms with Crippen molar-refractivity contribution in [2.75, 3.05) is 0 Å². The van der Waals surface area contributed by atoms with E-state index in [0.717, 1.165) is 9.90 Å². The molecule has 0 aromatic carbocycles.